The van der Waals surface area contributed by atoms with Gasteiger partial charge in [-0.2, -0.15) is 0 Å². The molecule has 2 aromatic rings. The van der Waals surface area contributed by atoms with Crippen LogP contribution in [0.5, 0.6) is 0 Å². The number of amides is 2. The number of carboxylic acids is 1. The van der Waals surface area contributed by atoms with Crippen LogP contribution < -0.4 is 10.6 Å². The number of aliphatic carboxylic acids is 1. The zero-order valence-corrected chi connectivity index (χ0v) is 21.5. The van der Waals surface area contributed by atoms with Gasteiger partial charge in [-0.05, 0) is 44.4 Å². The van der Waals surface area contributed by atoms with Crippen LogP contribution in [0.4, 0.5) is 0 Å². The lowest BCUT2D eigenvalue weighted by Crippen LogP contribution is -2.58. The first-order chi connectivity index (χ1) is 15.8. The largest absolute Gasteiger partial charge is 0.478 e. The van der Waals surface area contributed by atoms with E-state index in [9.17, 15) is 14.4 Å². The standard InChI is InChI=1S/C26H38N4O4/c1-16(25(33)34)13-17(2)30(8)24(32)22(26(3,4)5)28-23(31)20(27-6)14-18-15-29(7)21-12-10-9-11-19(18)21/h9-13,15,17,20,22,27H,14H2,1-8H3,(H,28,31)(H,33,34)/b16-13+/t17?,20-,22+/m0/s1. The van der Waals surface area contributed by atoms with Gasteiger partial charge in [0.1, 0.15) is 6.04 Å². The topological polar surface area (TPSA) is 104 Å². The van der Waals surface area contributed by atoms with Gasteiger partial charge < -0.3 is 25.2 Å². The number of fused-ring (bicyclic) bond motifs is 1. The van der Waals surface area contributed by atoms with Crippen LogP contribution in [0, 0.1) is 5.41 Å². The van der Waals surface area contributed by atoms with E-state index in [1.165, 1.54) is 17.9 Å². The van der Waals surface area contributed by atoms with E-state index in [4.69, 9.17) is 5.11 Å². The predicted octanol–water partition coefficient (Wildman–Crippen LogP) is 2.72. The van der Waals surface area contributed by atoms with Crippen LogP contribution in [0.2, 0.25) is 0 Å². The molecule has 3 atom stereocenters. The van der Waals surface area contributed by atoms with Gasteiger partial charge in [0.05, 0.1) is 6.04 Å². The number of nitrogens with one attached hydrogen (secondary N) is 2. The van der Waals surface area contributed by atoms with Gasteiger partial charge in [0.2, 0.25) is 11.8 Å². The van der Waals surface area contributed by atoms with Crippen molar-refractivity contribution in [3.63, 3.8) is 0 Å². The minimum atomic E-state index is -1.03. The number of hydrogen-bond acceptors (Lipinski definition) is 4. The molecule has 0 saturated carbocycles. The molecule has 0 aliphatic rings. The summed E-state index contributed by atoms with van der Waals surface area (Å²) in [5, 5.41) is 16.3. The number of likely N-dealkylation sites (N-methyl/N-ethyl adjacent to an activating group) is 2. The Morgan fingerprint density at radius 2 is 1.82 bits per heavy atom. The van der Waals surface area contributed by atoms with Crippen molar-refractivity contribution in [1.29, 1.82) is 0 Å². The average molecular weight is 471 g/mol. The Bertz CT molecular complexity index is 1080. The van der Waals surface area contributed by atoms with Gasteiger partial charge in [-0.3, -0.25) is 9.59 Å². The number of benzene rings is 1. The van der Waals surface area contributed by atoms with Crippen LogP contribution in [-0.2, 0) is 27.9 Å². The molecular weight excluding hydrogens is 432 g/mol. The maximum absolute atomic E-state index is 13.4. The minimum Gasteiger partial charge on any atom is -0.478 e. The SMILES string of the molecule is CN[C@@H](Cc1cn(C)c2ccccc12)C(=O)N[C@H](C(=O)N(C)C(C)/C=C(\C)C(=O)O)C(C)(C)C. The summed E-state index contributed by atoms with van der Waals surface area (Å²) >= 11 is 0. The normalized spacial score (nSPS) is 15.0. The van der Waals surface area contributed by atoms with Gasteiger partial charge in [-0.1, -0.05) is 45.0 Å². The monoisotopic (exact) mass is 470 g/mol. The fourth-order valence-electron chi connectivity index (χ4n) is 3.97. The smallest absolute Gasteiger partial charge is 0.331 e. The van der Waals surface area contributed by atoms with E-state index in [1.807, 2.05) is 62.8 Å². The lowest BCUT2D eigenvalue weighted by molar-refractivity contribution is -0.139. The number of hydrogen-bond donors (Lipinski definition) is 3. The zero-order valence-electron chi connectivity index (χ0n) is 21.5. The lowest BCUT2D eigenvalue weighted by atomic mass is 9.85. The van der Waals surface area contributed by atoms with Crippen molar-refractivity contribution in [3.8, 4) is 0 Å². The summed E-state index contributed by atoms with van der Waals surface area (Å²) in [6.45, 7) is 8.93. The zero-order chi connectivity index (χ0) is 25.8. The lowest BCUT2D eigenvalue weighted by Gasteiger charge is -2.36. The highest BCUT2D eigenvalue weighted by Gasteiger charge is 2.37. The number of para-hydroxylation sites is 1. The van der Waals surface area contributed by atoms with Crippen molar-refractivity contribution in [3.05, 3.63) is 47.7 Å². The molecular formula is C26H38N4O4. The van der Waals surface area contributed by atoms with E-state index in [1.54, 1.807) is 21.0 Å². The number of carboxylic acid groups (broad SMARTS) is 1. The molecule has 0 bridgehead atoms. The van der Waals surface area contributed by atoms with Crippen LogP contribution >= 0.6 is 0 Å². The maximum Gasteiger partial charge on any atom is 0.331 e. The van der Waals surface area contributed by atoms with Gasteiger partial charge in [0.25, 0.3) is 0 Å². The van der Waals surface area contributed by atoms with Gasteiger partial charge in [0, 0.05) is 42.8 Å². The molecule has 186 valence electrons. The molecule has 0 fully saturated rings. The summed E-state index contributed by atoms with van der Waals surface area (Å²) in [5.74, 6) is -1.57. The van der Waals surface area contributed by atoms with Crippen molar-refractivity contribution < 1.29 is 19.5 Å². The minimum absolute atomic E-state index is 0.161. The van der Waals surface area contributed by atoms with E-state index in [2.05, 4.69) is 10.6 Å². The van der Waals surface area contributed by atoms with Crippen molar-refractivity contribution in [1.82, 2.24) is 20.1 Å². The maximum atomic E-state index is 13.4. The van der Waals surface area contributed by atoms with Gasteiger partial charge in [0.15, 0.2) is 0 Å². The third-order valence-electron chi connectivity index (χ3n) is 6.26. The van der Waals surface area contributed by atoms with E-state index in [0.29, 0.717) is 6.42 Å². The first-order valence-electron chi connectivity index (χ1n) is 11.5. The second-order valence-electron chi connectivity index (χ2n) is 9.98. The molecule has 0 aliphatic carbocycles. The van der Waals surface area contributed by atoms with Gasteiger partial charge in [-0.25, -0.2) is 4.79 Å². The number of carbonyl (C=O) groups excluding carboxylic acids is 2. The van der Waals surface area contributed by atoms with E-state index in [-0.39, 0.29) is 17.4 Å². The van der Waals surface area contributed by atoms with Crippen LogP contribution in [0.3, 0.4) is 0 Å². The summed E-state index contributed by atoms with van der Waals surface area (Å²) in [7, 11) is 5.33. The number of carbonyl (C=O) groups is 3. The quantitative estimate of drug-likeness (QED) is 0.489. The molecule has 3 N–H and O–H groups in total. The fourth-order valence-corrected chi connectivity index (χ4v) is 3.97. The highest BCUT2D eigenvalue weighted by molar-refractivity contribution is 5.92. The first-order valence-corrected chi connectivity index (χ1v) is 11.5. The molecule has 1 unspecified atom stereocenters. The Hall–Kier alpha value is -3.13. The first kappa shape index (κ1) is 27.1. The highest BCUT2D eigenvalue weighted by atomic mass is 16.4. The molecule has 0 spiro atoms. The number of rotatable bonds is 9. The predicted molar refractivity (Wildman–Crippen MR) is 134 cm³/mol. The molecule has 1 aromatic carbocycles. The van der Waals surface area contributed by atoms with Crippen LogP contribution in [0.1, 0.15) is 40.2 Å². The van der Waals surface area contributed by atoms with Gasteiger partial charge in [-0.15, -0.1) is 0 Å². The Morgan fingerprint density at radius 3 is 2.38 bits per heavy atom. The summed E-state index contributed by atoms with van der Waals surface area (Å²) in [5.41, 5.74) is 1.75. The number of nitrogens with zero attached hydrogens (tertiary/aromatic N) is 2. The molecule has 0 saturated heterocycles. The second kappa shape index (κ2) is 10.9. The molecule has 8 heteroatoms. The number of aryl methyl sites for hydroxylation is 1. The van der Waals surface area contributed by atoms with Crippen LogP contribution in [-0.4, -0.2) is 64.6 Å². The summed E-state index contributed by atoms with van der Waals surface area (Å²) in [6.07, 6.45) is 4.03. The Balaban J connectivity index is 2.24. The van der Waals surface area contributed by atoms with Crippen LogP contribution in [0.15, 0.2) is 42.1 Å². The molecule has 2 amide bonds. The second-order valence-corrected chi connectivity index (χ2v) is 9.98. The summed E-state index contributed by atoms with van der Waals surface area (Å²) in [6, 6.07) is 6.29. The van der Waals surface area contributed by atoms with Crippen molar-refractivity contribution in [2.75, 3.05) is 14.1 Å². The van der Waals surface area contributed by atoms with Crippen LogP contribution in [0.25, 0.3) is 10.9 Å². The average Bonchev–Trinajstić information content (AvgIpc) is 3.09. The fraction of sp³-hybridized carbons (Fsp3) is 0.500. The van der Waals surface area contributed by atoms with E-state index < -0.39 is 29.5 Å². The summed E-state index contributed by atoms with van der Waals surface area (Å²) < 4.78 is 2.04. The van der Waals surface area contributed by atoms with E-state index >= 15 is 0 Å². The Morgan fingerprint density at radius 1 is 1.21 bits per heavy atom. The third-order valence-corrected chi connectivity index (χ3v) is 6.26. The Labute approximate surface area is 202 Å². The van der Waals surface area contributed by atoms with Gasteiger partial charge >= 0.3 is 5.97 Å². The van der Waals surface area contributed by atoms with Crippen molar-refractivity contribution in [2.24, 2.45) is 12.5 Å². The van der Waals surface area contributed by atoms with Crippen molar-refractivity contribution in [2.45, 2.75) is 59.2 Å². The Kier molecular flexibility index (Phi) is 8.66. The molecule has 2 rings (SSSR count). The molecule has 1 aromatic heterocycles. The molecule has 1 heterocycles. The molecule has 0 radical (unpaired) electrons. The highest BCUT2D eigenvalue weighted by Crippen LogP contribution is 2.24. The molecule has 8 nitrogen and oxygen atoms in total. The molecule has 0 aliphatic heterocycles. The van der Waals surface area contributed by atoms with E-state index in [0.717, 1.165) is 16.5 Å². The third kappa shape index (κ3) is 6.26. The molecule has 34 heavy (non-hydrogen) atoms. The number of aromatic nitrogens is 1. The summed E-state index contributed by atoms with van der Waals surface area (Å²) in [4.78, 5) is 39.3. The van der Waals surface area contributed by atoms with Crippen molar-refractivity contribution >= 4 is 28.7 Å².